The number of hydrogen-bond acceptors (Lipinski definition) is 1. The molecule has 0 fully saturated rings. The van der Waals surface area contributed by atoms with E-state index < -0.39 is 0 Å². The number of allylic oxidation sites excluding steroid dienone is 6. The van der Waals surface area contributed by atoms with Gasteiger partial charge in [0, 0.05) is 19.3 Å². The fourth-order valence-electron chi connectivity index (χ4n) is 2.36. The quantitative estimate of drug-likeness (QED) is 0.631. The molecule has 0 bridgehead atoms. The van der Waals surface area contributed by atoms with Gasteiger partial charge in [-0.25, -0.2) is 0 Å². The van der Waals surface area contributed by atoms with Crippen molar-refractivity contribution in [3.8, 4) is 0 Å². The van der Waals surface area contributed by atoms with Gasteiger partial charge in [0.2, 0.25) is 0 Å². The third kappa shape index (κ3) is 3.01. The highest BCUT2D eigenvalue weighted by Crippen LogP contribution is 2.37. The van der Waals surface area contributed by atoms with Crippen LogP contribution in [0.3, 0.4) is 0 Å². The zero-order chi connectivity index (χ0) is 12.2. The highest BCUT2D eigenvalue weighted by Gasteiger charge is 2.26. The molecule has 0 saturated carbocycles. The van der Waals surface area contributed by atoms with Gasteiger partial charge < -0.3 is 4.90 Å². The predicted molar refractivity (Wildman–Crippen MR) is 72.3 cm³/mol. The van der Waals surface area contributed by atoms with Crippen LogP contribution in [0.15, 0.2) is 35.6 Å². The third-order valence-electron chi connectivity index (χ3n) is 3.55. The van der Waals surface area contributed by atoms with Crippen LogP contribution in [0.4, 0.5) is 0 Å². The van der Waals surface area contributed by atoms with Crippen LogP contribution in [-0.2, 0) is 0 Å². The van der Waals surface area contributed by atoms with Crippen molar-refractivity contribution >= 4 is 0 Å². The summed E-state index contributed by atoms with van der Waals surface area (Å²) in [5.41, 5.74) is 3.20. The maximum atomic E-state index is 2.38. The van der Waals surface area contributed by atoms with Gasteiger partial charge in [-0.1, -0.05) is 38.2 Å². The minimum absolute atomic E-state index is 0.299. The summed E-state index contributed by atoms with van der Waals surface area (Å²) in [7, 11) is 2.19. The molecule has 1 rings (SSSR count). The summed E-state index contributed by atoms with van der Waals surface area (Å²) in [6.07, 6.45) is 11.1. The lowest BCUT2D eigenvalue weighted by atomic mass is 9.79. The van der Waals surface area contributed by atoms with Gasteiger partial charge in [0.15, 0.2) is 0 Å². The highest BCUT2D eigenvalue weighted by molar-refractivity contribution is 5.32. The molecule has 1 heteroatoms. The molecule has 1 aliphatic rings. The van der Waals surface area contributed by atoms with Crippen molar-refractivity contribution in [2.75, 3.05) is 13.6 Å². The van der Waals surface area contributed by atoms with E-state index in [-0.39, 0.29) is 0 Å². The average molecular weight is 219 g/mol. The van der Waals surface area contributed by atoms with Gasteiger partial charge in [-0.2, -0.15) is 0 Å². The zero-order valence-electron chi connectivity index (χ0n) is 11.4. The van der Waals surface area contributed by atoms with Crippen molar-refractivity contribution in [2.45, 2.75) is 40.5 Å². The molecule has 0 atom stereocenters. The fourth-order valence-corrected chi connectivity index (χ4v) is 2.36. The van der Waals surface area contributed by atoms with E-state index in [1.807, 2.05) is 0 Å². The second-order valence-corrected chi connectivity index (χ2v) is 5.29. The monoisotopic (exact) mass is 219 g/mol. The van der Waals surface area contributed by atoms with E-state index in [0.717, 1.165) is 0 Å². The van der Waals surface area contributed by atoms with Crippen LogP contribution in [0.2, 0.25) is 0 Å². The predicted octanol–water partition coefficient (Wildman–Crippen LogP) is 4.14. The van der Waals surface area contributed by atoms with E-state index in [2.05, 4.69) is 63.9 Å². The summed E-state index contributed by atoms with van der Waals surface area (Å²) in [6, 6.07) is 0. The van der Waals surface area contributed by atoms with E-state index in [1.165, 1.54) is 30.7 Å². The lowest BCUT2D eigenvalue weighted by molar-refractivity contribution is 0.387. The van der Waals surface area contributed by atoms with Gasteiger partial charge in [0.1, 0.15) is 0 Å². The Morgan fingerprint density at radius 2 is 1.94 bits per heavy atom. The van der Waals surface area contributed by atoms with Crippen LogP contribution in [0, 0.1) is 5.41 Å². The molecule has 1 aliphatic heterocycles. The summed E-state index contributed by atoms with van der Waals surface area (Å²) < 4.78 is 0. The smallest absolute Gasteiger partial charge is 0.0172 e. The number of rotatable bonds is 2. The normalized spacial score (nSPS) is 22.2. The van der Waals surface area contributed by atoms with E-state index in [4.69, 9.17) is 0 Å². The first kappa shape index (κ1) is 13.1. The van der Waals surface area contributed by atoms with Crippen LogP contribution in [0.25, 0.3) is 0 Å². The van der Waals surface area contributed by atoms with Crippen LogP contribution in [0.5, 0.6) is 0 Å². The van der Waals surface area contributed by atoms with Crippen LogP contribution in [0.1, 0.15) is 40.5 Å². The Balaban J connectivity index is 3.07. The maximum Gasteiger partial charge on any atom is 0.0172 e. The first-order chi connectivity index (χ1) is 7.49. The largest absolute Gasteiger partial charge is 0.378 e. The topological polar surface area (TPSA) is 3.24 Å². The van der Waals surface area contributed by atoms with Gasteiger partial charge >= 0.3 is 0 Å². The van der Waals surface area contributed by atoms with Gasteiger partial charge in [-0.15, -0.1) is 0 Å². The molecule has 90 valence electrons. The Morgan fingerprint density at radius 1 is 1.25 bits per heavy atom. The molecule has 0 spiro atoms. The van der Waals surface area contributed by atoms with E-state index >= 15 is 0 Å². The van der Waals surface area contributed by atoms with Crippen LogP contribution in [-0.4, -0.2) is 18.5 Å². The van der Waals surface area contributed by atoms with Crippen molar-refractivity contribution < 1.29 is 0 Å². The second-order valence-electron chi connectivity index (χ2n) is 5.29. The summed E-state index contributed by atoms with van der Waals surface area (Å²) >= 11 is 0. The summed E-state index contributed by atoms with van der Waals surface area (Å²) in [6.45, 7) is 10.2. The van der Waals surface area contributed by atoms with Crippen LogP contribution >= 0.6 is 0 Å². The first-order valence-electron chi connectivity index (χ1n) is 6.21. The number of hydrogen-bond donors (Lipinski definition) is 0. The minimum atomic E-state index is 0.299. The molecule has 0 saturated heterocycles. The zero-order valence-corrected chi connectivity index (χ0v) is 11.4. The molecule has 0 aliphatic carbocycles. The van der Waals surface area contributed by atoms with Crippen LogP contribution < -0.4 is 0 Å². The molecule has 1 nitrogen and oxygen atoms in total. The van der Waals surface area contributed by atoms with Gasteiger partial charge in [-0.3, -0.25) is 0 Å². The van der Waals surface area contributed by atoms with Crippen molar-refractivity contribution in [1.29, 1.82) is 0 Å². The molecule has 0 aromatic heterocycles. The average Bonchev–Trinajstić information content (AvgIpc) is 2.30. The Hall–Kier alpha value is -0.980. The Labute approximate surface area is 101 Å². The van der Waals surface area contributed by atoms with Crippen molar-refractivity contribution in [3.05, 3.63) is 35.6 Å². The number of nitrogens with zero attached hydrogens (tertiary/aromatic N) is 1. The Morgan fingerprint density at radius 3 is 2.56 bits per heavy atom. The fraction of sp³-hybridized carbons (Fsp3) is 0.600. The maximum absolute atomic E-state index is 2.38. The molecular weight excluding hydrogens is 194 g/mol. The molecule has 0 aromatic rings. The Kier molecular flexibility index (Phi) is 4.40. The van der Waals surface area contributed by atoms with Crippen molar-refractivity contribution in [2.24, 2.45) is 5.41 Å². The lowest BCUT2D eigenvalue weighted by Crippen LogP contribution is -2.18. The van der Waals surface area contributed by atoms with Gasteiger partial charge in [0.05, 0.1) is 0 Å². The summed E-state index contributed by atoms with van der Waals surface area (Å²) in [5.74, 6) is 0. The van der Waals surface area contributed by atoms with E-state index in [9.17, 15) is 0 Å². The molecule has 0 unspecified atom stereocenters. The van der Waals surface area contributed by atoms with E-state index in [1.54, 1.807) is 0 Å². The molecule has 0 aromatic carbocycles. The lowest BCUT2D eigenvalue weighted by Gasteiger charge is -2.27. The second kappa shape index (κ2) is 5.38. The first-order valence-corrected chi connectivity index (χ1v) is 6.21. The SMILES string of the molecule is C/C=C/C=C\C1=C(C)N(C)CCCC1(C)C. The van der Waals surface area contributed by atoms with Crippen molar-refractivity contribution in [3.63, 3.8) is 0 Å². The molecule has 0 N–H and O–H groups in total. The van der Waals surface area contributed by atoms with Gasteiger partial charge in [0.25, 0.3) is 0 Å². The standard InChI is InChI=1S/C15H25N/c1-6-7-8-10-14-13(2)16(5)12-9-11-15(14,3)4/h6-8,10H,9,11-12H2,1-5H3/b7-6+,10-8-. The van der Waals surface area contributed by atoms with Gasteiger partial charge in [-0.05, 0) is 37.7 Å². The molecule has 0 amide bonds. The minimum Gasteiger partial charge on any atom is -0.378 e. The van der Waals surface area contributed by atoms with Crippen molar-refractivity contribution in [1.82, 2.24) is 4.90 Å². The molecular formula is C15H25N. The highest BCUT2D eigenvalue weighted by atomic mass is 15.1. The molecule has 0 radical (unpaired) electrons. The third-order valence-corrected chi connectivity index (χ3v) is 3.55. The summed E-state index contributed by atoms with van der Waals surface area (Å²) in [4.78, 5) is 2.38. The molecule has 16 heavy (non-hydrogen) atoms. The van der Waals surface area contributed by atoms with E-state index in [0.29, 0.717) is 5.41 Å². The summed E-state index contributed by atoms with van der Waals surface area (Å²) in [5, 5.41) is 0. The molecule has 1 heterocycles. The Bertz CT molecular complexity index is 318.